The first-order chi connectivity index (χ1) is 9.22. The van der Waals surface area contributed by atoms with Crippen LogP contribution < -0.4 is 15.5 Å². The Morgan fingerprint density at radius 3 is 2.95 bits per heavy atom. The van der Waals surface area contributed by atoms with Crippen LogP contribution in [0.5, 0.6) is 0 Å². The monoisotopic (exact) mass is 279 g/mol. The number of amides is 1. The summed E-state index contributed by atoms with van der Waals surface area (Å²) in [6.07, 6.45) is 2.55. The van der Waals surface area contributed by atoms with Gasteiger partial charge in [0.1, 0.15) is 0 Å². The van der Waals surface area contributed by atoms with Gasteiger partial charge in [0.05, 0.1) is 6.54 Å². The average molecular weight is 280 g/mol. The van der Waals surface area contributed by atoms with E-state index in [0.717, 1.165) is 29.4 Å². The molecule has 1 aliphatic heterocycles. The molecule has 5 heteroatoms. The second-order valence-corrected chi connectivity index (χ2v) is 5.61. The van der Waals surface area contributed by atoms with Crippen LogP contribution in [0, 0.1) is 0 Å². The molecule has 1 amide bonds. The standard InChI is InChI=1S/C14H18ClN3O/c15-13-7-12(18-6-5-16-14(19)9-18)4-1-10(13)8-17-11-2-3-11/h1,4,7,11,17H,2-3,5-6,8-9H2,(H,16,19). The molecule has 4 nitrogen and oxygen atoms in total. The fourth-order valence-electron chi connectivity index (χ4n) is 2.28. The van der Waals surface area contributed by atoms with Gasteiger partial charge < -0.3 is 15.5 Å². The van der Waals surface area contributed by atoms with E-state index in [0.29, 0.717) is 19.1 Å². The maximum absolute atomic E-state index is 11.4. The Bertz CT molecular complexity index is 488. The summed E-state index contributed by atoms with van der Waals surface area (Å²) in [6, 6.07) is 6.75. The number of carbonyl (C=O) groups excluding carboxylic acids is 1. The van der Waals surface area contributed by atoms with Gasteiger partial charge in [0.15, 0.2) is 0 Å². The summed E-state index contributed by atoms with van der Waals surface area (Å²) in [7, 11) is 0. The Labute approximate surface area is 118 Å². The number of rotatable bonds is 4. The van der Waals surface area contributed by atoms with E-state index >= 15 is 0 Å². The van der Waals surface area contributed by atoms with Crippen LogP contribution in [0.2, 0.25) is 5.02 Å². The van der Waals surface area contributed by atoms with Gasteiger partial charge in [0, 0.05) is 36.4 Å². The predicted molar refractivity (Wildman–Crippen MR) is 76.5 cm³/mol. The molecule has 0 unspecified atom stereocenters. The van der Waals surface area contributed by atoms with Crippen LogP contribution in [0.4, 0.5) is 5.69 Å². The number of benzene rings is 1. The van der Waals surface area contributed by atoms with Crippen molar-refractivity contribution in [2.24, 2.45) is 0 Å². The number of hydrogen-bond acceptors (Lipinski definition) is 3. The van der Waals surface area contributed by atoms with Crippen LogP contribution in [-0.2, 0) is 11.3 Å². The molecule has 0 radical (unpaired) electrons. The third-order valence-electron chi connectivity index (χ3n) is 3.60. The van der Waals surface area contributed by atoms with Gasteiger partial charge >= 0.3 is 0 Å². The van der Waals surface area contributed by atoms with Gasteiger partial charge in [-0.3, -0.25) is 4.79 Å². The van der Waals surface area contributed by atoms with E-state index in [-0.39, 0.29) is 5.91 Å². The van der Waals surface area contributed by atoms with Crippen LogP contribution >= 0.6 is 11.6 Å². The van der Waals surface area contributed by atoms with Gasteiger partial charge in [-0.05, 0) is 30.5 Å². The van der Waals surface area contributed by atoms with Crippen molar-refractivity contribution in [1.29, 1.82) is 0 Å². The maximum Gasteiger partial charge on any atom is 0.239 e. The van der Waals surface area contributed by atoms with Crippen LogP contribution in [0.1, 0.15) is 18.4 Å². The van der Waals surface area contributed by atoms with Gasteiger partial charge in [-0.15, -0.1) is 0 Å². The van der Waals surface area contributed by atoms with E-state index < -0.39 is 0 Å². The third kappa shape index (κ3) is 3.19. The lowest BCUT2D eigenvalue weighted by molar-refractivity contribution is -0.120. The minimum absolute atomic E-state index is 0.0712. The molecule has 1 saturated carbocycles. The Kier molecular flexibility index (Phi) is 3.62. The highest BCUT2D eigenvalue weighted by Gasteiger charge is 2.21. The lowest BCUT2D eigenvalue weighted by atomic mass is 10.1. The zero-order valence-corrected chi connectivity index (χ0v) is 11.5. The van der Waals surface area contributed by atoms with Crippen molar-refractivity contribution in [3.05, 3.63) is 28.8 Å². The highest BCUT2D eigenvalue weighted by atomic mass is 35.5. The number of anilines is 1. The molecule has 0 spiro atoms. The molecular weight excluding hydrogens is 262 g/mol. The number of hydrogen-bond donors (Lipinski definition) is 2. The highest BCUT2D eigenvalue weighted by molar-refractivity contribution is 6.31. The van der Waals surface area contributed by atoms with Gasteiger partial charge in [-0.25, -0.2) is 0 Å². The summed E-state index contributed by atoms with van der Waals surface area (Å²) in [6.45, 7) is 2.77. The molecule has 1 aromatic carbocycles. The zero-order chi connectivity index (χ0) is 13.2. The lowest BCUT2D eigenvalue weighted by Gasteiger charge is -2.29. The van der Waals surface area contributed by atoms with Crippen molar-refractivity contribution in [2.75, 3.05) is 24.5 Å². The molecule has 3 rings (SSSR count). The van der Waals surface area contributed by atoms with Gasteiger partial charge in [0.25, 0.3) is 0 Å². The minimum Gasteiger partial charge on any atom is -0.360 e. The Balaban J connectivity index is 1.68. The first-order valence-corrected chi connectivity index (χ1v) is 7.13. The highest BCUT2D eigenvalue weighted by Crippen LogP contribution is 2.25. The van der Waals surface area contributed by atoms with E-state index in [2.05, 4.69) is 21.6 Å². The van der Waals surface area contributed by atoms with Gasteiger partial charge in [-0.1, -0.05) is 17.7 Å². The second-order valence-electron chi connectivity index (χ2n) is 5.20. The molecule has 102 valence electrons. The van der Waals surface area contributed by atoms with Crippen LogP contribution in [0.3, 0.4) is 0 Å². The number of nitrogens with one attached hydrogen (secondary N) is 2. The molecule has 1 heterocycles. The molecule has 0 atom stereocenters. The van der Waals surface area contributed by atoms with Gasteiger partial charge in [-0.2, -0.15) is 0 Å². The second kappa shape index (κ2) is 5.39. The van der Waals surface area contributed by atoms with E-state index in [1.807, 2.05) is 12.1 Å². The number of halogens is 1. The fourth-order valence-corrected chi connectivity index (χ4v) is 2.52. The predicted octanol–water partition coefficient (Wildman–Crippen LogP) is 1.53. The van der Waals surface area contributed by atoms with Crippen molar-refractivity contribution in [3.8, 4) is 0 Å². The van der Waals surface area contributed by atoms with Crippen molar-refractivity contribution in [1.82, 2.24) is 10.6 Å². The smallest absolute Gasteiger partial charge is 0.239 e. The Hall–Kier alpha value is -1.26. The summed E-state index contributed by atoms with van der Waals surface area (Å²) in [5, 5.41) is 7.06. The summed E-state index contributed by atoms with van der Waals surface area (Å²) in [5.74, 6) is 0.0712. The summed E-state index contributed by atoms with van der Waals surface area (Å²) in [5.41, 5.74) is 2.15. The van der Waals surface area contributed by atoms with Crippen molar-refractivity contribution in [2.45, 2.75) is 25.4 Å². The first kappa shape index (κ1) is 12.8. The molecule has 1 aliphatic carbocycles. The fraction of sp³-hybridized carbons (Fsp3) is 0.500. The zero-order valence-electron chi connectivity index (χ0n) is 10.8. The Morgan fingerprint density at radius 1 is 1.42 bits per heavy atom. The molecule has 1 aromatic rings. The van der Waals surface area contributed by atoms with Crippen LogP contribution in [0.15, 0.2) is 18.2 Å². The number of nitrogens with zero attached hydrogens (tertiary/aromatic N) is 1. The largest absolute Gasteiger partial charge is 0.360 e. The summed E-state index contributed by atoms with van der Waals surface area (Å²) >= 11 is 6.32. The quantitative estimate of drug-likeness (QED) is 0.879. The van der Waals surface area contributed by atoms with Gasteiger partial charge in [0.2, 0.25) is 5.91 Å². The number of piperazine rings is 1. The summed E-state index contributed by atoms with van der Waals surface area (Å²) < 4.78 is 0. The molecule has 0 aromatic heterocycles. The van der Waals surface area contributed by atoms with Crippen molar-refractivity contribution < 1.29 is 4.79 Å². The third-order valence-corrected chi connectivity index (χ3v) is 3.95. The topological polar surface area (TPSA) is 44.4 Å². The maximum atomic E-state index is 11.4. The van der Waals surface area contributed by atoms with E-state index in [1.54, 1.807) is 0 Å². The molecule has 19 heavy (non-hydrogen) atoms. The minimum atomic E-state index is 0.0712. The molecule has 2 N–H and O–H groups in total. The van der Waals surface area contributed by atoms with Crippen molar-refractivity contribution in [3.63, 3.8) is 0 Å². The van der Waals surface area contributed by atoms with E-state index in [1.165, 1.54) is 12.8 Å². The lowest BCUT2D eigenvalue weighted by Crippen LogP contribution is -2.47. The molecule has 2 aliphatic rings. The van der Waals surface area contributed by atoms with E-state index in [4.69, 9.17) is 11.6 Å². The molecule has 2 fully saturated rings. The van der Waals surface area contributed by atoms with Crippen LogP contribution in [-0.4, -0.2) is 31.6 Å². The normalized spacial score (nSPS) is 19.4. The summed E-state index contributed by atoms with van der Waals surface area (Å²) in [4.78, 5) is 13.4. The Morgan fingerprint density at radius 2 is 2.26 bits per heavy atom. The molecule has 0 bridgehead atoms. The van der Waals surface area contributed by atoms with Crippen molar-refractivity contribution >= 4 is 23.2 Å². The molecule has 1 saturated heterocycles. The average Bonchev–Trinajstić information content (AvgIpc) is 3.21. The van der Waals surface area contributed by atoms with Crippen LogP contribution in [0.25, 0.3) is 0 Å². The van der Waals surface area contributed by atoms with E-state index in [9.17, 15) is 4.79 Å². The molecular formula is C14H18ClN3O. The SMILES string of the molecule is O=C1CN(c2ccc(CNC3CC3)c(Cl)c2)CCN1. The first-order valence-electron chi connectivity index (χ1n) is 6.76. The number of carbonyl (C=O) groups is 1.